The van der Waals surface area contributed by atoms with Crippen LogP contribution in [0.4, 0.5) is 0 Å². The summed E-state index contributed by atoms with van der Waals surface area (Å²) < 4.78 is 33.2. The summed E-state index contributed by atoms with van der Waals surface area (Å²) in [7, 11) is 1.11. The molecular weight excluding hydrogens is 418 g/mol. The molecule has 1 aromatic carbocycles. The maximum absolute atomic E-state index is 12.9. The summed E-state index contributed by atoms with van der Waals surface area (Å²) in [6, 6.07) is 7.49. The topological polar surface area (TPSA) is 98.8 Å². The highest BCUT2D eigenvalue weighted by Gasteiger charge is 2.38. The van der Waals surface area contributed by atoms with Crippen LogP contribution in [-0.4, -0.2) is 66.2 Å². The number of hydrogen-bond donors (Lipinski definition) is 1. The van der Waals surface area contributed by atoms with Gasteiger partial charge >= 0.3 is 0 Å². The molecule has 0 aliphatic carbocycles. The van der Waals surface area contributed by atoms with E-state index in [1.165, 1.54) is 22.7 Å². The van der Waals surface area contributed by atoms with Gasteiger partial charge in [-0.15, -0.1) is 0 Å². The first-order valence-corrected chi connectivity index (χ1v) is 11.9. The SMILES string of the molecule is COc1ccc(CN2CCc3nc([C@@H]4CCCN4S(=O)(=O)N(C)C)[nH]c(=O)c3C2)cc1. The first-order valence-electron chi connectivity index (χ1n) is 10.5. The van der Waals surface area contributed by atoms with Gasteiger partial charge in [0.1, 0.15) is 11.6 Å². The Bertz CT molecular complexity index is 1100. The Balaban J connectivity index is 1.54. The minimum atomic E-state index is -3.57. The molecule has 0 amide bonds. The first kappa shape index (κ1) is 21.9. The molecule has 9 nitrogen and oxygen atoms in total. The molecule has 0 spiro atoms. The lowest BCUT2D eigenvalue weighted by molar-refractivity contribution is 0.240. The molecule has 0 unspecified atom stereocenters. The van der Waals surface area contributed by atoms with E-state index in [1.807, 2.05) is 24.3 Å². The average molecular weight is 448 g/mol. The number of H-pyrrole nitrogens is 1. The molecule has 168 valence electrons. The van der Waals surface area contributed by atoms with Crippen LogP contribution in [0.25, 0.3) is 0 Å². The van der Waals surface area contributed by atoms with Gasteiger partial charge in [0.2, 0.25) is 0 Å². The van der Waals surface area contributed by atoms with Crippen LogP contribution in [0.2, 0.25) is 0 Å². The summed E-state index contributed by atoms with van der Waals surface area (Å²) >= 11 is 0. The maximum atomic E-state index is 12.9. The molecule has 4 rings (SSSR count). The van der Waals surface area contributed by atoms with Crippen LogP contribution in [0, 0.1) is 0 Å². The molecule has 1 aromatic heterocycles. The summed E-state index contributed by atoms with van der Waals surface area (Å²) in [5.74, 6) is 1.27. The van der Waals surface area contributed by atoms with Crippen molar-refractivity contribution in [3.8, 4) is 5.75 Å². The lowest BCUT2D eigenvalue weighted by atomic mass is 10.1. The van der Waals surface area contributed by atoms with E-state index in [0.717, 1.165) is 36.5 Å². The fraction of sp³-hybridized carbons (Fsp3) is 0.524. The molecule has 0 saturated carbocycles. The summed E-state index contributed by atoms with van der Waals surface area (Å²) in [4.78, 5) is 22.7. The standard InChI is InChI=1S/C21H29N5O4S/c1-24(2)31(28,29)26-11-4-5-19(26)20-22-18-10-12-25(14-17(18)21(27)23-20)13-15-6-8-16(30-3)9-7-15/h6-9,19H,4-5,10-14H2,1-3H3,(H,22,23,27)/t19-/m0/s1. The van der Waals surface area contributed by atoms with Crippen molar-refractivity contribution in [2.75, 3.05) is 34.3 Å². The number of nitrogens with zero attached hydrogens (tertiary/aromatic N) is 4. The molecule has 10 heteroatoms. The number of methoxy groups -OCH3 is 1. The summed E-state index contributed by atoms with van der Waals surface area (Å²) in [5, 5.41) is 0. The van der Waals surface area contributed by atoms with Crippen LogP contribution in [-0.2, 0) is 29.7 Å². The predicted molar refractivity (Wildman–Crippen MR) is 117 cm³/mol. The molecule has 31 heavy (non-hydrogen) atoms. The summed E-state index contributed by atoms with van der Waals surface area (Å²) in [6.07, 6.45) is 2.06. The summed E-state index contributed by atoms with van der Waals surface area (Å²) in [6.45, 7) is 2.48. The second-order valence-electron chi connectivity index (χ2n) is 8.24. The van der Waals surface area contributed by atoms with Crippen LogP contribution >= 0.6 is 0 Å². The first-order chi connectivity index (χ1) is 14.8. The van der Waals surface area contributed by atoms with Gasteiger partial charge in [-0.2, -0.15) is 17.0 Å². The van der Waals surface area contributed by atoms with Crippen molar-refractivity contribution >= 4 is 10.2 Å². The number of benzene rings is 1. The van der Waals surface area contributed by atoms with E-state index in [9.17, 15) is 13.2 Å². The third-order valence-corrected chi connectivity index (χ3v) is 7.96. The monoisotopic (exact) mass is 447 g/mol. The average Bonchev–Trinajstić information content (AvgIpc) is 3.25. The highest BCUT2D eigenvalue weighted by atomic mass is 32.2. The fourth-order valence-corrected chi connectivity index (χ4v) is 5.59. The van der Waals surface area contributed by atoms with Gasteiger partial charge in [0, 0.05) is 46.7 Å². The highest BCUT2D eigenvalue weighted by molar-refractivity contribution is 7.86. The quantitative estimate of drug-likeness (QED) is 0.716. The predicted octanol–water partition coefficient (Wildman–Crippen LogP) is 1.28. The molecule has 1 atom stereocenters. The third-order valence-electron chi connectivity index (χ3n) is 6.01. The Morgan fingerprint density at radius 3 is 2.65 bits per heavy atom. The number of nitrogens with one attached hydrogen (secondary N) is 1. The lowest BCUT2D eigenvalue weighted by Gasteiger charge is -2.29. The molecule has 1 fully saturated rings. The second-order valence-corrected chi connectivity index (χ2v) is 10.3. The number of rotatable bonds is 6. The van der Waals surface area contributed by atoms with Crippen LogP contribution in [0.15, 0.2) is 29.1 Å². The van der Waals surface area contributed by atoms with Crippen molar-refractivity contribution in [1.82, 2.24) is 23.5 Å². The smallest absolute Gasteiger partial charge is 0.282 e. The molecule has 1 N–H and O–H groups in total. The number of aromatic amines is 1. The molecule has 0 radical (unpaired) electrons. The Labute approximate surface area is 182 Å². The van der Waals surface area contributed by atoms with E-state index in [0.29, 0.717) is 37.3 Å². The fourth-order valence-electron chi connectivity index (χ4n) is 4.28. The van der Waals surface area contributed by atoms with Crippen molar-refractivity contribution < 1.29 is 13.2 Å². The van der Waals surface area contributed by atoms with Crippen LogP contribution in [0.5, 0.6) is 5.75 Å². The van der Waals surface area contributed by atoms with Gasteiger partial charge in [0.05, 0.1) is 24.4 Å². The zero-order valence-corrected chi connectivity index (χ0v) is 19.0. The van der Waals surface area contributed by atoms with Crippen molar-refractivity contribution in [2.24, 2.45) is 0 Å². The maximum Gasteiger partial charge on any atom is 0.282 e. The lowest BCUT2D eigenvalue weighted by Crippen LogP contribution is -2.41. The number of hydrogen-bond acceptors (Lipinski definition) is 6. The van der Waals surface area contributed by atoms with Gasteiger partial charge in [-0.25, -0.2) is 4.98 Å². The van der Waals surface area contributed by atoms with Crippen molar-refractivity contribution in [2.45, 2.75) is 38.4 Å². The Kier molecular flexibility index (Phi) is 6.16. The highest BCUT2D eigenvalue weighted by Crippen LogP contribution is 2.33. The van der Waals surface area contributed by atoms with Gasteiger partial charge in [-0.1, -0.05) is 12.1 Å². The van der Waals surface area contributed by atoms with Crippen LogP contribution in [0.3, 0.4) is 0 Å². The van der Waals surface area contributed by atoms with Gasteiger partial charge in [-0.05, 0) is 30.5 Å². The second kappa shape index (κ2) is 8.70. The largest absolute Gasteiger partial charge is 0.497 e. The van der Waals surface area contributed by atoms with Crippen molar-refractivity contribution in [3.05, 3.63) is 57.3 Å². The molecule has 2 aromatic rings. The Morgan fingerprint density at radius 1 is 1.23 bits per heavy atom. The van der Waals surface area contributed by atoms with E-state index in [2.05, 4.69) is 9.88 Å². The van der Waals surface area contributed by atoms with Gasteiger partial charge in [-0.3, -0.25) is 9.69 Å². The third kappa shape index (κ3) is 4.38. The van der Waals surface area contributed by atoms with Crippen molar-refractivity contribution in [3.63, 3.8) is 0 Å². The molecule has 3 heterocycles. The van der Waals surface area contributed by atoms with E-state index >= 15 is 0 Å². The number of aromatic nitrogens is 2. The number of fused-ring (bicyclic) bond motifs is 1. The van der Waals surface area contributed by atoms with Crippen molar-refractivity contribution in [1.29, 1.82) is 0 Å². The van der Waals surface area contributed by atoms with E-state index in [-0.39, 0.29) is 5.56 Å². The van der Waals surface area contributed by atoms with E-state index in [1.54, 1.807) is 7.11 Å². The molecule has 1 saturated heterocycles. The van der Waals surface area contributed by atoms with E-state index < -0.39 is 16.3 Å². The van der Waals surface area contributed by atoms with Crippen LogP contribution < -0.4 is 10.3 Å². The zero-order valence-electron chi connectivity index (χ0n) is 18.2. The minimum Gasteiger partial charge on any atom is -0.497 e. The van der Waals surface area contributed by atoms with Gasteiger partial charge < -0.3 is 9.72 Å². The van der Waals surface area contributed by atoms with Gasteiger partial charge in [0.15, 0.2) is 0 Å². The molecule has 0 bridgehead atoms. The molecule has 2 aliphatic heterocycles. The Morgan fingerprint density at radius 2 is 1.97 bits per heavy atom. The number of ether oxygens (including phenoxy) is 1. The molecule has 2 aliphatic rings. The molecular formula is C21H29N5O4S. The summed E-state index contributed by atoms with van der Waals surface area (Å²) in [5.41, 5.74) is 2.43. The zero-order chi connectivity index (χ0) is 22.2. The van der Waals surface area contributed by atoms with E-state index in [4.69, 9.17) is 9.72 Å². The van der Waals surface area contributed by atoms with Gasteiger partial charge in [0.25, 0.3) is 15.8 Å². The minimum absolute atomic E-state index is 0.173. The Hall–Kier alpha value is -2.27. The normalized spacial score (nSPS) is 20.2. The van der Waals surface area contributed by atoms with Crippen LogP contribution in [0.1, 0.15) is 41.5 Å².